The maximum absolute atomic E-state index is 11.9. The van der Waals surface area contributed by atoms with Gasteiger partial charge in [-0.2, -0.15) is 0 Å². The van der Waals surface area contributed by atoms with Crippen molar-refractivity contribution in [2.45, 2.75) is 36.3 Å². The average molecular weight is 294 g/mol. The van der Waals surface area contributed by atoms with Gasteiger partial charge in [0.15, 0.2) is 5.03 Å². The van der Waals surface area contributed by atoms with Crippen LogP contribution in [0.3, 0.4) is 0 Å². The van der Waals surface area contributed by atoms with E-state index in [1.165, 1.54) is 10.8 Å². The van der Waals surface area contributed by atoms with E-state index in [1.807, 2.05) is 0 Å². The fourth-order valence-electron chi connectivity index (χ4n) is 2.06. The molecule has 1 saturated carbocycles. The summed E-state index contributed by atoms with van der Waals surface area (Å²) in [5, 5.41) is 10.1. The minimum Gasteiger partial charge on any atom is -0.389 e. The van der Waals surface area contributed by atoms with Crippen LogP contribution in [0.15, 0.2) is 11.2 Å². The van der Waals surface area contributed by atoms with Gasteiger partial charge in [0.1, 0.15) is 0 Å². The fraction of sp³-hybridized carbons (Fsp3) is 0.700. The topological polar surface area (TPSA) is 84.2 Å². The normalized spacial score (nSPS) is 19.3. The Labute approximate surface area is 111 Å². The summed E-state index contributed by atoms with van der Waals surface area (Å²) < 4.78 is 27.7. The number of hydrogen-bond donors (Lipinski definition) is 2. The number of nitrogens with zero attached hydrogens (tertiary/aromatic N) is 2. The van der Waals surface area contributed by atoms with E-state index >= 15 is 0 Å². The van der Waals surface area contributed by atoms with E-state index in [9.17, 15) is 13.5 Å². The monoisotopic (exact) mass is 293 g/mol. The second-order valence-corrected chi connectivity index (χ2v) is 6.77. The summed E-state index contributed by atoms with van der Waals surface area (Å²) in [6.45, 7) is 0.0174. The molecule has 2 rings (SSSR count). The second kappa shape index (κ2) is 4.80. The zero-order valence-corrected chi connectivity index (χ0v) is 11.6. The molecule has 8 heteroatoms. The average Bonchev–Trinajstić information content (AvgIpc) is 2.86. The van der Waals surface area contributed by atoms with Gasteiger partial charge in [0.25, 0.3) is 10.0 Å². The quantitative estimate of drug-likeness (QED) is 0.854. The zero-order chi connectivity index (χ0) is 13.4. The Morgan fingerprint density at radius 3 is 2.67 bits per heavy atom. The first-order chi connectivity index (χ1) is 8.32. The number of rotatable bonds is 4. The highest BCUT2D eigenvalue weighted by molar-refractivity contribution is 7.89. The Morgan fingerprint density at radius 2 is 2.17 bits per heavy atom. The lowest BCUT2D eigenvalue weighted by molar-refractivity contribution is 0.0531. The number of nitrogens with one attached hydrogen (secondary N) is 1. The largest absolute Gasteiger partial charge is 0.389 e. The number of hydrogen-bond acceptors (Lipinski definition) is 4. The molecule has 0 aliphatic heterocycles. The molecule has 1 aromatic rings. The molecule has 0 bridgehead atoms. The highest BCUT2D eigenvalue weighted by Gasteiger charge is 2.33. The molecule has 102 valence electrons. The van der Waals surface area contributed by atoms with Crippen molar-refractivity contribution in [2.75, 3.05) is 6.54 Å². The van der Waals surface area contributed by atoms with Crippen LogP contribution in [-0.2, 0) is 17.1 Å². The van der Waals surface area contributed by atoms with Crippen LogP contribution in [0.5, 0.6) is 0 Å². The maximum atomic E-state index is 11.9. The summed E-state index contributed by atoms with van der Waals surface area (Å²) in [4.78, 5) is 3.75. The van der Waals surface area contributed by atoms with Gasteiger partial charge in [-0.25, -0.2) is 18.1 Å². The number of aliphatic hydroxyl groups is 1. The number of aromatic nitrogens is 2. The smallest absolute Gasteiger partial charge is 0.259 e. The van der Waals surface area contributed by atoms with Crippen molar-refractivity contribution < 1.29 is 13.5 Å². The summed E-state index contributed by atoms with van der Waals surface area (Å²) in [5.41, 5.74) is -0.925. The molecular formula is C10H16ClN3O3S. The van der Waals surface area contributed by atoms with E-state index in [0.29, 0.717) is 12.8 Å². The first kappa shape index (κ1) is 13.8. The van der Waals surface area contributed by atoms with E-state index < -0.39 is 15.6 Å². The van der Waals surface area contributed by atoms with Gasteiger partial charge < -0.3 is 9.67 Å². The molecule has 0 unspecified atom stereocenters. The molecule has 1 heterocycles. The van der Waals surface area contributed by atoms with Gasteiger partial charge in [0.05, 0.1) is 5.60 Å². The van der Waals surface area contributed by atoms with Crippen molar-refractivity contribution >= 4 is 21.6 Å². The molecule has 2 N–H and O–H groups in total. The third-order valence-electron chi connectivity index (χ3n) is 3.20. The lowest BCUT2D eigenvalue weighted by Gasteiger charge is -2.21. The highest BCUT2D eigenvalue weighted by Crippen LogP contribution is 2.29. The number of aryl methyl sites for hydroxylation is 1. The van der Waals surface area contributed by atoms with Gasteiger partial charge in [-0.1, -0.05) is 12.8 Å². The third kappa shape index (κ3) is 2.85. The summed E-state index contributed by atoms with van der Waals surface area (Å²) in [6, 6.07) is 0. The van der Waals surface area contributed by atoms with Crippen molar-refractivity contribution in [3.05, 3.63) is 11.5 Å². The van der Waals surface area contributed by atoms with Crippen molar-refractivity contribution in [3.63, 3.8) is 0 Å². The van der Waals surface area contributed by atoms with Crippen molar-refractivity contribution in [2.24, 2.45) is 7.05 Å². The summed E-state index contributed by atoms with van der Waals surface area (Å²) in [5.74, 6) is 0. The third-order valence-corrected chi connectivity index (χ3v) is 4.82. The van der Waals surface area contributed by atoms with Gasteiger partial charge in [0.2, 0.25) is 5.28 Å². The highest BCUT2D eigenvalue weighted by atomic mass is 35.5. The second-order valence-electron chi connectivity index (χ2n) is 4.72. The number of sulfonamides is 1. The van der Waals surface area contributed by atoms with Crippen LogP contribution < -0.4 is 4.72 Å². The van der Waals surface area contributed by atoms with Gasteiger partial charge in [-0.05, 0) is 24.4 Å². The van der Waals surface area contributed by atoms with E-state index in [1.54, 1.807) is 7.05 Å². The lowest BCUT2D eigenvalue weighted by atomic mass is 10.0. The standard InChI is InChI=1S/C10H16ClN3O3S/c1-14-6-8(13-9(14)11)18(16,17)12-7-10(15)4-2-3-5-10/h6,12,15H,2-5,7H2,1H3. The molecule has 0 radical (unpaired) electrons. The van der Waals surface area contributed by atoms with Crippen molar-refractivity contribution in [1.82, 2.24) is 14.3 Å². The molecule has 0 saturated heterocycles. The molecule has 1 fully saturated rings. The fourth-order valence-corrected chi connectivity index (χ4v) is 3.36. The van der Waals surface area contributed by atoms with Crippen LogP contribution in [0, 0.1) is 0 Å². The first-order valence-electron chi connectivity index (χ1n) is 5.73. The molecular weight excluding hydrogens is 278 g/mol. The molecule has 0 aromatic carbocycles. The van der Waals surface area contributed by atoms with Crippen LogP contribution in [0.25, 0.3) is 0 Å². The Morgan fingerprint density at radius 1 is 1.56 bits per heavy atom. The summed E-state index contributed by atoms with van der Waals surface area (Å²) in [6.07, 6.45) is 4.43. The van der Waals surface area contributed by atoms with Gasteiger partial charge in [0, 0.05) is 19.8 Å². The first-order valence-corrected chi connectivity index (χ1v) is 7.59. The minimum atomic E-state index is -3.71. The van der Waals surface area contributed by atoms with Crippen LogP contribution in [-0.4, -0.2) is 35.2 Å². The summed E-state index contributed by atoms with van der Waals surface area (Å²) in [7, 11) is -2.10. The molecule has 18 heavy (non-hydrogen) atoms. The van der Waals surface area contributed by atoms with E-state index in [0.717, 1.165) is 12.8 Å². The Kier molecular flexibility index (Phi) is 3.68. The maximum Gasteiger partial charge on any atom is 0.259 e. The number of halogens is 1. The lowest BCUT2D eigenvalue weighted by Crippen LogP contribution is -2.40. The molecule has 1 aromatic heterocycles. The van der Waals surface area contributed by atoms with Crippen LogP contribution in [0.4, 0.5) is 0 Å². The SMILES string of the molecule is Cn1cc(S(=O)(=O)NCC2(O)CCCC2)nc1Cl. The Balaban J connectivity index is 2.08. The van der Waals surface area contributed by atoms with Crippen LogP contribution in [0.1, 0.15) is 25.7 Å². The minimum absolute atomic E-state index is 0.0174. The van der Waals surface area contributed by atoms with Crippen molar-refractivity contribution in [3.8, 4) is 0 Å². The Bertz CT molecular complexity index is 515. The Hall–Kier alpha value is -0.630. The molecule has 0 atom stereocenters. The van der Waals surface area contributed by atoms with E-state index in [-0.39, 0.29) is 16.9 Å². The zero-order valence-electron chi connectivity index (χ0n) is 10.1. The van der Waals surface area contributed by atoms with Gasteiger partial charge in [-0.3, -0.25) is 0 Å². The number of imidazole rings is 1. The van der Waals surface area contributed by atoms with E-state index in [2.05, 4.69) is 9.71 Å². The van der Waals surface area contributed by atoms with Crippen LogP contribution >= 0.6 is 11.6 Å². The molecule has 6 nitrogen and oxygen atoms in total. The molecule has 0 amide bonds. The predicted octanol–water partition coefficient (Wildman–Crippen LogP) is 0.657. The van der Waals surface area contributed by atoms with E-state index in [4.69, 9.17) is 11.6 Å². The van der Waals surface area contributed by atoms with Crippen LogP contribution in [0.2, 0.25) is 5.28 Å². The van der Waals surface area contributed by atoms with Gasteiger partial charge >= 0.3 is 0 Å². The molecule has 1 aliphatic rings. The molecule has 1 aliphatic carbocycles. The van der Waals surface area contributed by atoms with Crippen molar-refractivity contribution in [1.29, 1.82) is 0 Å². The predicted molar refractivity (Wildman–Crippen MR) is 66.8 cm³/mol. The summed E-state index contributed by atoms with van der Waals surface area (Å²) >= 11 is 5.70. The van der Waals surface area contributed by atoms with Gasteiger partial charge in [-0.15, -0.1) is 0 Å². The molecule has 0 spiro atoms.